The molecule has 0 heteroatoms. The van der Waals surface area contributed by atoms with Crippen LogP contribution in [0, 0.1) is 0 Å². The first-order valence-corrected chi connectivity index (χ1v) is 13.9. The van der Waals surface area contributed by atoms with Crippen molar-refractivity contribution in [3.8, 4) is 0 Å². The summed E-state index contributed by atoms with van der Waals surface area (Å²) in [4.78, 5) is 0. The Morgan fingerprint density at radius 1 is 0.625 bits per heavy atom. The van der Waals surface area contributed by atoms with Gasteiger partial charge in [-0.1, -0.05) is 141 Å². The molecule has 0 unspecified atom stereocenters. The summed E-state index contributed by atoms with van der Waals surface area (Å²) in [6, 6.07) is 37.1. The highest BCUT2D eigenvalue weighted by molar-refractivity contribution is 6.16. The van der Waals surface area contributed by atoms with Crippen molar-refractivity contribution in [3.05, 3.63) is 161 Å². The van der Waals surface area contributed by atoms with Crippen LogP contribution in [0.1, 0.15) is 40.7 Å². The first kappa shape index (κ1) is 24.1. The monoisotopic (exact) mass is 510 g/mol. The Kier molecular flexibility index (Phi) is 5.83. The summed E-state index contributed by atoms with van der Waals surface area (Å²) in [5.41, 5.74) is 8.13. The van der Waals surface area contributed by atoms with Gasteiger partial charge in [0.15, 0.2) is 0 Å². The van der Waals surface area contributed by atoms with E-state index in [9.17, 15) is 0 Å². The van der Waals surface area contributed by atoms with Crippen molar-refractivity contribution in [1.82, 2.24) is 0 Å². The topological polar surface area (TPSA) is 0 Å². The summed E-state index contributed by atoms with van der Waals surface area (Å²) in [7, 11) is 0. The summed E-state index contributed by atoms with van der Waals surface area (Å²) < 4.78 is 0. The SMILES string of the molecule is C=Cc1c(C=C)c(C2=c3ccccc3=CCC2)c2ccccc2c1C(=C)c1cccc2ccc3ccccc3c12. The van der Waals surface area contributed by atoms with Crippen LogP contribution in [-0.4, -0.2) is 0 Å². The second-order valence-electron chi connectivity index (χ2n) is 10.5. The maximum Gasteiger partial charge on any atom is -0.00263 e. The van der Waals surface area contributed by atoms with Gasteiger partial charge in [0, 0.05) is 0 Å². The number of hydrogen-bond donors (Lipinski definition) is 0. The molecule has 0 aliphatic heterocycles. The third-order valence-corrected chi connectivity index (χ3v) is 8.45. The fourth-order valence-corrected chi connectivity index (χ4v) is 6.71. The number of hydrogen-bond acceptors (Lipinski definition) is 0. The Bertz CT molecular complexity index is 2150. The molecule has 0 bridgehead atoms. The maximum absolute atomic E-state index is 4.77. The predicted octanol–water partition coefficient (Wildman–Crippen LogP) is 9.27. The lowest BCUT2D eigenvalue weighted by Crippen LogP contribution is -2.29. The molecule has 0 spiro atoms. The van der Waals surface area contributed by atoms with Gasteiger partial charge in [-0.05, 0) is 94.6 Å². The Hall–Kier alpha value is -4.94. The van der Waals surface area contributed by atoms with Crippen LogP contribution in [0.5, 0.6) is 0 Å². The highest BCUT2D eigenvalue weighted by Gasteiger charge is 2.22. The molecule has 7 rings (SSSR count). The minimum absolute atomic E-state index is 0.994. The van der Waals surface area contributed by atoms with Gasteiger partial charge >= 0.3 is 0 Å². The van der Waals surface area contributed by atoms with Gasteiger partial charge in [0.2, 0.25) is 0 Å². The lowest BCUT2D eigenvalue weighted by molar-refractivity contribution is 1.08. The quantitative estimate of drug-likeness (QED) is 0.203. The van der Waals surface area contributed by atoms with Crippen LogP contribution in [0.3, 0.4) is 0 Å². The molecule has 40 heavy (non-hydrogen) atoms. The Balaban J connectivity index is 1.60. The van der Waals surface area contributed by atoms with Crippen molar-refractivity contribution in [2.24, 2.45) is 0 Å². The molecule has 0 atom stereocenters. The minimum Gasteiger partial charge on any atom is -0.0984 e. The van der Waals surface area contributed by atoms with Gasteiger partial charge in [-0.15, -0.1) is 0 Å². The van der Waals surface area contributed by atoms with Gasteiger partial charge in [0.05, 0.1) is 0 Å². The standard InChI is InChI=1S/C40H30/c1-4-30-31(5-2)40(35-23-12-16-27-14-6-8-18-33(27)35)37-21-11-10-20-36(37)38(30)26(3)32-22-13-17-29-25-24-28-15-7-9-19-34(28)39(29)32/h4-11,13-22,24-25H,1-3,12,23H2. The van der Waals surface area contributed by atoms with E-state index in [0.29, 0.717) is 0 Å². The van der Waals surface area contributed by atoms with E-state index in [1.807, 2.05) is 12.2 Å². The Morgan fingerprint density at radius 2 is 1.30 bits per heavy atom. The van der Waals surface area contributed by atoms with Crippen LogP contribution < -0.4 is 10.4 Å². The molecule has 0 nitrogen and oxygen atoms in total. The van der Waals surface area contributed by atoms with E-state index in [4.69, 9.17) is 6.58 Å². The van der Waals surface area contributed by atoms with Crippen LogP contribution in [0.15, 0.2) is 123 Å². The van der Waals surface area contributed by atoms with Gasteiger partial charge in [0.1, 0.15) is 0 Å². The molecular formula is C40H30. The van der Waals surface area contributed by atoms with E-state index >= 15 is 0 Å². The lowest BCUT2D eigenvalue weighted by Gasteiger charge is -2.24. The zero-order chi connectivity index (χ0) is 27.2. The summed E-state index contributed by atoms with van der Waals surface area (Å²) in [6.45, 7) is 13.4. The van der Waals surface area contributed by atoms with Crippen LogP contribution >= 0.6 is 0 Å². The van der Waals surface area contributed by atoms with E-state index in [1.165, 1.54) is 53.9 Å². The molecule has 0 saturated heterocycles. The predicted molar refractivity (Wildman–Crippen MR) is 176 cm³/mol. The Labute approximate surface area is 235 Å². The van der Waals surface area contributed by atoms with Gasteiger partial charge in [-0.2, -0.15) is 0 Å². The molecule has 0 aromatic heterocycles. The van der Waals surface area contributed by atoms with Crippen molar-refractivity contribution < 1.29 is 0 Å². The van der Waals surface area contributed by atoms with Crippen LogP contribution in [0.25, 0.3) is 61.7 Å². The van der Waals surface area contributed by atoms with Crippen LogP contribution in [0.4, 0.5) is 0 Å². The highest BCUT2D eigenvalue weighted by Crippen LogP contribution is 2.43. The molecule has 6 aromatic rings. The largest absolute Gasteiger partial charge is 0.0984 e. The molecule has 190 valence electrons. The minimum atomic E-state index is 0.994. The van der Waals surface area contributed by atoms with E-state index in [0.717, 1.165) is 40.7 Å². The van der Waals surface area contributed by atoms with Gasteiger partial charge < -0.3 is 0 Å². The molecule has 0 N–H and O–H groups in total. The zero-order valence-electron chi connectivity index (χ0n) is 22.6. The maximum atomic E-state index is 4.77. The lowest BCUT2D eigenvalue weighted by atomic mass is 9.79. The second kappa shape index (κ2) is 9.67. The fraction of sp³-hybridized carbons (Fsp3) is 0.0500. The molecule has 1 aliphatic rings. The summed E-state index contributed by atoms with van der Waals surface area (Å²) >= 11 is 0. The van der Waals surface area contributed by atoms with Gasteiger partial charge in [-0.25, -0.2) is 0 Å². The molecule has 0 radical (unpaired) electrons. The summed E-state index contributed by atoms with van der Waals surface area (Å²) in [5.74, 6) is 0. The smallest absolute Gasteiger partial charge is 0.00263 e. The van der Waals surface area contributed by atoms with Crippen molar-refractivity contribution in [1.29, 1.82) is 0 Å². The third-order valence-electron chi connectivity index (χ3n) is 8.45. The highest BCUT2D eigenvalue weighted by atomic mass is 14.3. The molecular weight excluding hydrogens is 480 g/mol. The summed E-state index contributed by atoms with van der Waals surface area (Å²) in [5, 5.41) is 9.97. The summed E-state index contributed by atoms with van der Waals surface area (Å²) in [6.07, 6.45) is 8.39. The van der Waals surface area contributed by atoms with E-state index in [1.54, 1.807) is 0 Å². The molecule has 6 aromatic carbocycles. The van der Waals surface area contributed by atoms with Gasteiger partial charge in [0.25, 0.3) is 0 Å². The number of fused-ring (bicyclic) bond motifs is 5. The second-order valence-corrected chi connectivity index (χ2v) is 10.5. The molecule has 0 fully saturated rings. The van der Waals surface area contributed by atoms with Crippen molar-refractivity contribution in [2.75, 3.05) is 0 Å². The molecule has 0 saturated carbocycles. The molecule has 0 amide bonds. The fourth-order valence-electron chi connectivity index (χ4n) is 6.71. The Morgan fingerprint density at radius 3 is 2.12 bits per heavy atom. The number of rotatable bonds is 5. The van der Waals surface area contributed by atoms with Crippen molar-refractivity contribution in [2.45, 2.75) is 12.8 Å². The third kappa shape index (κ3) is 3.61. The number of benzene rings is 6. The molecule has 0 heterocycles. The van der Waals surface area contributed by atoms with E-state index in [-0.39, 0.29) is 0 Å². The van der Waals surface area contributed by atoms with Gasteiger partial charge in [-0.3, -0.25) is 0 Å². The van der Waals surface area contributed by atoms with Crippen molar-refractivity contribution in [3.63, 3.8) is 0 Å². The first-order chi connectivity index (χ1) is 19.7. The van der Waals surface area contributed by atoms with E-state index in [2.05, 4.69) is 122 Å². The average molecular weight is 511 g/mol. The normalized spacial score (nSPS) is 12.8. The van der Waals surface area contributed by atoms with Crippen LogP contribution in [0.2, 0.25) is 0 Å². The first-order valence-electron chi connectivity index (χ1n) is 13.9. The van der Waals surface area contributed by atoms with E-state index < -0.39 is 0 Å². The molecule has 1 aliphatic carbocycles. The zero-order valence-corrected chi connectivity index (χ0v) is 22.6. The average Bonchev–Trinajstić information content (AvgIpc) is 3.02. The van der Waals surface area contributed by atoms with Crippen LogP contribution in [-0.2, 0) is 0 Å². The van der Waals surface area contributed by atoms with Crippen molar-refractivity contribution >= 4 is 61.7 Å².